The Labute approximate surface area is 155 Å². The largest absolute Gasteiger partial charge is 0.504 e. The first kappa shape index (κ1) is 18.5. The van der Waals surface area contributed by atoms with Crippen LogP contribution in [0.3, 0.4) is 0 Å². The number of nitrogens with zero attached hydrogens (tertiary/aromatic N) is 2. The molecule has 1 aliphatic heterocycles. The van der Waals surface area contributed by atoms with Crippen LogP contribution in [0.1, 0.15) is 24.8 Å². The molecule has 1 amide bonds. The van der Waals surface area contributed by atoms with E-state index in [1.165, 1.54) is 12.0 Å². The summed E-state index contributed by atoms with van der Waals surface area (Å²) in [5.41, 5.74) is 2.59. The lowest BCUT2D eigenvalue weighted by Crippen LogP contribution is -2.40. The second-order valence-corrected chi connectivity index (χ2v) is 7.59. The lowest BCUT2D eigenvalue weighted by Gasteiger charge is -2.32. The third-order valence-electron chi connectivity index (χ3n) is 5.48. The SMILES string of the molecule is CO/C=C(\C=[N+](C)C)[C@@H]1CC12CCN(C(=O)OCc1ccccc1)CC2. The summed E-state index contributed by atoms with van der Waals surface area (Å²) in [4.78, 5) is 14.2. The van der Waals surface area contributed by atoms with E-state index in [2.05, 4.69) is 10.8 Å². The second-order valence-electron chi connectivity index (χ2n) is 7.59. The van der Waals surface area contributed by atoms with Gasteiger partial charge in [-0.3, -0.25) is 0 Å². The van der Waals surface area contributed by atoms with Gasteiger partial charge in [0.1, 0.15) is 20.7 Å². The number of ether oxygens (including phenoxy) is 2. The predicted molar refractivity (Wildman–Crippen MR) is 101 cm³/mol. The zero-order valence-corrected chi connectivity index (χ0v) is 16.0. The molecular weight excluding hydrogens is 328 g/mol. The molecule has 0 unspecified atom stereocenters. The number of allylic oxidation sites excluding steroid dienone is 1. The van der Waals surface area contributed by atoms with Crippen LogP contribution in [0.4, 0.5) is 4.79 Å². The van der Waals surface area contributed by atoms with E-state index < -0.39 is 0 Å². The average molecular weight is 357 g/mol. The summed E-state index contributed by atoms with van der Waals surface area (Å²) in [6.07, 6.45) is 7.04. The molecule has 3 rings (SSSR count). The number of carbonyl (C=O) groups excluding carboxylic acids is 1. The van der Waals surface area contributed by atoms with Crippen LogP contribution in [0.5, 0.6) is 0 Å². The number of methoxy groups -OCH3 is 1. The summed E-state index contributed by atoms with van der Waals surface area (Å²) in [5.74, 6) is 0.535. The summed E-state index contributed by atoms with van der Waals surface area (Å²) in [5, 5.41) is 0. The third-order valence-corrected chi connectivity index (χ3v) is 5.48. The van der Waals surface area contributed by atoms with Crippen LogP contribution < -0.4 is 0 Å². The first-order valence-corrected chi connectivity index (χ1v) is 9.24. The van der Waals surface area contributed by atoms with Crippen LogP contribution in [0, 0.1) is 11.3 Å². The monoisotopic (exact) mass is 357 g/mol. The normalized spacial score (nSPS) is 21.3. The number of carbonyl (C=O) groups is 1. The number of rotatable bonds is 5. The molecule has 5 nitrogen and oxygen atoms in total. The van der Waals surface area contributed by atoms with Gasteiger partial charge in [-0.05, 0) is 36.2 Å². The fourth-order valence-electron chi connectivity index (χ4n) is 3.95. The molecule has 140 valence electrons. The van der Waals surface area contributed by atoms with Gasteiger partial charge in [0.25, 0.3) is 0 Å². The van der Waals surface area contributed by atoms with Crippen molar-refractivity contribution in [2.75, 3.05) is 34.3 Å². The van der Waals surface area contributed by atoms with Crippen LogP contribution in [0.15, 0.2) is 42.2 Å². The molecule has 0 bridgehead atoms. The number of benzene rings is 1. The van der Waals surface area contributed by atoms with Crippen molar-refractivity contribution in [3.63, 3.8) is 0 Å². The van der Waals surface area contributed by atoms with E-state index in [1.807, 2.05) is 55.6 Å². The van der Waals surface area contributed by atoms with Gasteiger partial charge in [-0.15, -0.1) is 0 Å². The highest BCUT2D eigenvalue weighted by Crippen LogP contribution is 2.62. The Hall–Kier alpha value is -2.30. The molecule has 1 heterocycles. The van der Waals surface area contributed by atoms with Gasteiger partial charge in [-0.1, -0.05) is 30.3 Å². The number of hydrogen-bond donors (Lipinski definition) is 0. The number of hydrogen-bond acceptors (Lipinski definition) is 3. The standard InChI is InChI=1S/C21H29N2O3/c1-22(2)14-18(16-25-3)19-13-21(19)9-11-23(12-10-21)20(24)26-15-17-7-5-4-6-8-17/h4-8,14,16,19H,9-13,15H2,1-3H3/q+1/b18-16+/t19-/m0/s1. The average Bonchev–Trinajstić information content (AvgIpc) is 3.34. The van der Waals surface area contributed by atoms with E-state index >= 15 is 0 Å². The summed E-state index contributed by atoms with van der Waals surface area (Å²) in [7, 11) is 5.76. The van der Waals surface area contributed by atoms with Crippen LogP contribution in [0.25, 0.3) is 0 Å². The molecular formula is C21H29N2O3+. The molecule has 1 atom stereocenters. The van der Waals surface area contributed by atoms with Gasteiger partial charge in [-0.25, -0.2) is 9.37 Å². The van der Waals surface area contributed by atoms with Crippen molar-refractivity contribution in [1.82, 2.24) is 4.90 Å². The maximum absolute atomic E-state index is 12.3. The third kappa shape index (κ3) is 4.26. The summed E-state index contributed by atoms with van der Waals surface area (Å²) in [6, 6.07) is 9.81. The van der Waals surface area contributed by atoms with Crippen molar-refractivity contribution in [3.8, 4) is 0 Å². The minimum atomic E-state index is -0.201. The van der Waals surface area contributed by atoms with Gasteiger partial charge in [0, 0.05) is 13.1 Å². The maximum Gasteiger partial charge on any atom is 0.410 e. The zero-order chi connectivity index (χ0) is 18.6. The van der Waals surface area contributed by atoms with Gasteiger partial charge in [-0.2, -0.15) is 0 Å². The molecule has 26 heavy (non-hydrogen) atoms. The minimum absolute atomic E-state index is 0.201. The van der Waals surface area contributed by atoms with E-state index in [-0.39, 0.29) is 6.09 Å². The Morgan fingerprint density at radius 2 is 1.96 bits per heavy atom. The molecule has 1 aromatic carbocycles. The molecule has 5 heteroatoms. The van der Waals surface area contributed by atoms with Gasteiger partial charge < -0.3 is 14.4 Å². The first-order valence-electron chi connectivity index (χ1n) is 9.24. The van der Waals surface area contributed by atoms with Crippen molar-refractivity contribution < 1.29 is 18.8 Å². The topological polar surface area (TPSA) is 41.8 Å². The van der Waals surface area contributed by atoms with Gasteiger partial charge >= 0.3 is 6.09 Å². The highest BCUT2D eigenvalue weighted by atomic mass is 16.6. The minimum Gasteiger partial charge on any atom is -0.504 e. The van der Waals surface area contributed by atoms with Crippen molar-refractivity contribution in [1.29, 1.82) is 0 Å². The lowest BCUT2D eigenvalue weighted by atomic mass is 9.89. The van der Waals surface area contributed by atoms with Gasteiger partial charge in [0.2, 0.25) is 0 Å². The maximum atomic E-state index is 12.3. The van der Waals surface area contributed by atoms with E-state index in [0.29, 0.717) is 17.9 Å². The number of amides is 1. The summed E-state index contributed by atoms with van der Waals surface area (Å²) >= 11 is 0. The van der Waals surface area contributed by atoms with Crippen LogP contribution in [-0.2, 0) is 16.1 Å². The van der Waals surface area contributed by atoms with E-state index in [9.17, 15) is 4.79 Å². The van der Waals surface area contributed by atoms with E-state index in [0.717, 1.165) is 31.5 Å². The Bertz CT molecular complexity index is 684. The fourth-order valence-corrected chi connectivity index (χ4v) is 3.95. The van der Waals surface area contributed by atoms with Crippen molar-refractivity contribution in [3.05, 3.63) is 47.7 Å². The summed E-state index contributed by atoms with van der Waals surface area (Å²) in [6.45, 7) is 1.88. The van der Waals surface area contributed by atoms with Crippen molar-refractivity contribution in [2.24, 2.45) is 11.3 Å². The van der Waals surface area contributed by atoms with Crippen molar-refractivity contribution in [2.45, 2.75) is 25.9 Å². The lowest BCUT2D eigenvalue weighted by molar-refractivity contribution is -0.459. The fraction of sp³-hybridized carbons (Fsp3) is 0.524. The molecule has 1 spiro atoms. The van der Waals surface area contributed by atoms with Crippen LogP contribution in [-0.4, -0.2) is 56.1 Å². The van der Waals surface area contributed by atoms with Gasteiger partial charge in [0.05, 0.1) is 18.9 Å². The molecule has 0 N–H and O–H groups in total. The molecule has 1 saturated heterocycles. The van der Waals surface area contributed by atoms with Gasteiger partial charge in [0.15, 0.2) is 6.21 Å². The quantitative estimate of drug-likeness (QED) is 0.461. The van der Waals surface area contributed by atoms with E-state index in [4.69, 9.17) is 9.47 Å². The Morgan fingerprint density at radius 3 is 2.58 bits per heavy atom. The van der Waals surface area contributed by atoms with Crippen molar-refractivity contribution >= 4 is 12.3 Å². The molecule has 2 fully saturated rings. The Kier molecular flexibility index (Phi) is 5.64. The molecule has 1 aromatic rings. The first-order chi connectivity index (χ1) is 12.5. The highest BCUT2D eigenvalue weighted by Gasteiger charge is 2.57. The number of piperidine rings is 1. The highest BCUT2D eigenvalue weighted by molar-refractivity contribution is 5.76. The number of likely N-dealkylation sites (tertiary alicyclic amines) is 1. The van der Waals surface area contributed by atoms with E-state index in [1.54, 1.807) is 7.11 Å². The molecule has 1 aliphatic carbocycles. The summed E-state index contributed by atoms with van der Waals surface area (Å²) < 4.78 is 12.8. The predicted octanol–water partition coefficient (Wildman–Crippen LogP) is 3.30. The Balaban J connectivity index is 1.51. The van der Waals surface area contributed by atoms with Crippen LogP contribution in [0.2, 0.25) is 0 Å². The van der Waals surface area contributed by atoms with Crippen LogP contribution >= 0.6 is 0 Å². The Morgan fingerprint density at radius 1 is 1.27 bits per heavy atom. The molecule has 2 aliphatic rings. The molecule has 0 radical (unpaired) electrons. The second kappa shape index (κ2) is 7.94. The zero-order valence-electron chi connectivity index (χ0n) is 16.0. The molecule has 1 saturated carbocycles. The smallest absolute Gasteiger partial charge is 0.410 e. The molecule has 0 aromatic heterocycles.